The number of benzene rings is 7. The summed E-state index contributed by atoms with van der Waals surface area (Å²) in [6.07, 6.45) is 1.85. The van der Waals surface area contributed by atoms with Gasteiger partial charge >= 0.3 is 0 Å². The Morgan fingerprint density at radius 1 is 0.348 bits per heavy atom. The first kappa shape index (κ1) is 27.9. The lowest BCUT2D eigenvalue weighted by atomic mass is 9.69. The minimum Gasteiger partial charge on any atom is -0.310 e. The highest BCUT2D eigenvalue weighted by Crippen LogP contribution is 2.54. The van der Waals surface area contributed by atoms with Crippen LogP contribution in [0.15, 0.2) is 188 Å². The Kier molecular flexibility index (Phi) is 7.28. The largest absolute Gasteiger partial charge is 0.310 e. The van der Waals surface area contributed by atoms with Gasteiger partial charge in [0, 0.05) is 22.5 Å². The van der Waals surface area contributed by atoms with E-state index < -0.39 is 0 Å². The van der Waals surface area contributed by atoms with Crippen LogP contribution in [0.3, 0.4) is 0 Å². The third kappa shape index (κ3) is 5.10. The lowest BCUT2D eigenvalue weighted by Crippen LogP contribution is -2.31. The minimum atomic E-state index is -0.218. The second-order valence-electron chi connectivity index (χ2n) is 12.3. The van der Waals surface area contributed by atoms with Crippen molar-refractivity contribution in [3.05, 3.63) is 210 Å². The molecule has 1 aliphatic rings. The molecule has 0 heterocycles. The average molecular weight is 590 g/mol. The molecule has 0 spiro atoms. The fourth-order valence-corrected chi connectivity index (χ4v) is 7.37. The van der Waals surface area contributed by atoms with Crippen LogP contribution in [0.1, 0.15) is 22.3 Å². The van der Waals surface area contributed by atoms with Gasteiger partial charge in [-0.05, 0) is 93.7 Å². The minimum absolute atomic E-state index is 0.218. The zero-order valence-corrected chi connectivity index (χ0v) is 25.8. The van der Waals surface area contributed by atoms with Gasteiger partial charge in [-0.15, -0.1) is 0 Å². The van der Waals surface area contributed by atoms with Crippen molar-refractivity contribution in [1.29, 1.82) is 0 Å². The van der Waals surface area contributed by atoms with E-state index in [4.69, 9.17) is 0 Å². The second-order valence-corrected chi connectivity index (χ2v) is 12.3. The van der Waals surface area contributed by atoms with E-state index in [1.54, 1.807) is 0 Å². The molecule has 1 heteroatoms. The lowest BCUT2D eigenvalue weighted by molar-refractivity contribution is 0.520. The zero-order chi connectivity index (χ0) is 30.8. The van der Waals surface area contributed by atoms with Crippen molar-refractivity contribution in [2.45, 2.75) is 18.3 Å². The quantitative estimate of drug-likeness (QED) is 0.170. The highest BCUT2D eigenvalue weighted by Gasteiger charge is 2.43. The van der Waals surface area contributed by atoms with Crippen LogP contribution in [0, 0.1) is 0 Å². The molecule has 0 saturated carbocycles. The summed E-state index contributed by atoms with van der Waals surface area (Å²) in [7, 11) is 0. The summed E-state index contributed by atoms with van der Waals surface area (Å²) in [5, 5.41) is 0. The molecule has 7 aromatic carbocycles. The Morgan fingerprint density at radius 3 is 1.43 bits per heavy atom. The molecule has 220 valence electrons. The highest BCUT2D eigenvalue weighted by molar-refractivity contribution is 5.86. The van der Waals surface area contributed by atoms with Crippen molar-refractivity contribution in [3.8, 4) is 22.3 Å². The molecule has 0 amide bonds. The molecular weight excluding hydrogens is 555 g/mol. The summed E-state index contributed by atoms with van der Waals surface area (Å²) in [6, 6.07) is 68.5. The van der Waals surface area contributed by atoms with Gasteiger partial charge in [0.25, 0.3) is 0 Å². The van der Waals surface area contributed by atoms with Gasteiger partial charge in [-0.2, -0.15) is 0 Å². The van der Waals surface area contributed by atoms with Gasteiger partial charge in [0.2, 0.25) is 0 Å². The fourth-order valence-electron chi connectivity index (χ4n) is 7.37. The number of hydrogen-bond donors (Lipinski definition) is 0. The molecule has 0 aliphatic heterocycles. The molecule has 0 saturated heterocycles. The van der Waals surface area contributed by atoms with Gasteiger partial charge in [0.15, 0.2) is 0 Å². The van der Waals surface area contributed by atoms with E-state index in [1.807, 2.05) is 0 Å². The van der Waals surface area contributed by atoms with Crippen molar-refractivity contribution in [2.24, 2.45) is 0 Å². The molecule has 1 aliphatic carbocycles. The third-order valence-corrected chi connectivity index (χ3v) is 9.45. The molecule has 0 N–H and O–H groups in total. The maximum absolute atomic E-state index is 2.47. The molecule has 8 rings (SSSR count). The first-order chi connectivity index (χ1) is 22.8. The smallest absolute Gasteiger partial charge is 0.0465 e. The van der Waals surface area contributed by atoms with E-state index >= 15 is 0 Å². The normalized spacial score (nSPS) is 12.7. The Morgan fingerprint density at radius 2 is 0.804 bits per heavy atom. The molecule has 0 aromatic heterocycles. The van der Waals surface area contributed by atoms with Crippen molar-refractivity contribution < 1.29 is 0 Å². The molecule has 0 bridgehead atoms. The summed E-state index contributed by atoms with van der Waals surface area (Å²) in [5.41, 5.74) is 13.8. The molecule has 0 fully saturated rings. The van der Waals surface area contributed by atoms with Gasteiger partial charge in [-0.25, -0.2) is 0 Å². The maximum Gasteiger partial charge on any atom is 0.0465 e. The van der Waals surface area contributed by atoms with Crippen molar-refractivity contribution in [2.75, 3.05) is 4.90 Å². The van der Waals surface area contributed by atoms with Crippen molar-refractivity contribution in [3.63, 3.8) is 0 Å². The summed E-state index contributed by atoms with van der Waals surface area (Å²) < 4.78 is 0. The van der Waals surface area contributed by atoms with Crippen LogP contribution in [0.5, 0.6) is 0 Å². The third-order valence-electron chi connectivity index (χ3n) is 9.45. The Bertz CT molecular complexity index is 2020. The van der Waals surface area contributed by atoms with Gasteiger partial charge in [0.1, 0.15) is 0 Å². The Labute approximate surface area is 272 Å². The van der Waals surface area contributed by atoms with Crippen LogP contribution in [0.25, 0.3) is 22.3 Å². The molecule has 46 heavy (non-hydrogen) atoms. The first-order valence-corrected chi connectivity index (χ1v) is 16.1. The van der Waals surface area contributed by atoms with Crippen molar-refractivity contribution in [1.82, 2.24) is 0 Å². The van der Waals surface area contributed by atoms with Gasteiger partial charge < -0.3 is 4.90 Å². The molecule has 0 radical (unpaired) electrons. The molecule has 0 unspecified atom stereocenters. The lowest BCUT2D eigenvalue weighted by Gasteiger charge is -2.34. The van der Waals surface area contributed by atoms with Crippen molar-refractivity contribution >= 4 is 17.1 Å². The summed E-state index contributed by atoms with van der Waals surface area (Å²) in [6.45, 7) is 0. The fraction of sp³-hybridized carbons (Fsp3) is 0.0667. The number of rotatable bonds is 8. The highest BCUT2D eigenvalue weighted by atomic mass is 15.1. The Balaban J connectivity index is 1.31. The summed E-state index contributed by atoms with van der Waals surface area (Å²) >= 11 is 0. The summed E-state index contributed by atoms with van der Waals surface area (Å²) in [5.74, 6) is 0. The predicted molar refractivity (Wildman–Crippen MR) is 193 cm³/mol. The van der Waals surface area contributed by atoms with Crippen LogP contribution >= 0.6 is 0 Å². The number of fused-ring (bicyclic) bond motifs is 3. The van der Waals surface area contributed by atoms with Gasteiger partial charge in [-0.3, -0.25) is 0 Å². The van der Waals surface area contributed by atoms with E-state index in [0.29, 0.717) is 0 Å². The van der Waals surface area contributed by atoms with E-state index in [1.165, 1.54) is 44.5 Å². The van der Waals surface area contributed by atoms with E-state index in [-0.39, 0.29) is 5.41 Å². The molecule has 1 nitrogen and oxygen atoms in total. The topological polar surface area (TPSA) is 3.24 Å². The maximum atomic E-state index is 2.47. The first-order valence-electron chi connectivity index (χ1n) is 16.1. The number of anilines is 3. The van der Waals surface area contributed by atoms with Crippen LogP contribution < -0.4 is 4.90 Å². The van der Waals surface area contributed by atoms with E-state index in [2.05, 4.69) is 193 Å². The van der Waals surface area contributed by atoms with Gasteiger partial charge in [0.05, 0.1) is 0 Å². The number of para-hydroxylation sites is 1. The SMILES string of the molecule is c1ccc(CC2(Cc3ccccc3)c3ccccc3-c3ccc(N(c4ccccc4)c4ccc(-c5ccccc5)cc4)cc32)cc1. The van der Waals surface area contributed by atoms with Crippen LogP contribution in [-0.2, 0) is 18.3 Å². The van der Waals surface area contributed by atoms with Crippen LogP contribution in [0.2, 0.25) is 0 Å². The Hall–Kier alpha value is -5.66. The van der Waals surface area contributed by atoms with E-state index in [9.17, 15) is 0 Å². The summed E-state index contributed by atoms with van der Waals surface area (Å²) in [4.78, 5) is 2.40. The number of nitrogens with zero attached hydrogens (tertiary/aromatic N) is 1. The second kappa shape index (κ2) is 12.0. The molecular formula is C45H35N. The zero-order valence-electron chi connectivity index (χ0n) is 25.8. The van der Waals surface area contributed by atoms with Crippen LogP contribution in [0.4, 0.5) is 17.1 Å². The van der Waals surface area contributed by atoms with Crippen LogP contribution in [-0.4, -0.2) is 0 Å². The predicted octanol–water partition coefficient (Wildman–Crippen LogP) is 11.6. The van der Waals surface area contributed by atoms with E-state index in [0.717, 1.165) is 29.9 Å². The standard InChI is InChI=1S/C45H35N/c1-5-15-34(16-6-1)32-45(33-35-17-7-2-8-18-35)43-24-14-13-23-41(43)42-30-29-40(31-44(42)45)46(38-21-11-4-12-22-38)39-27-25-37(26-28-39)36-19-9-3-10-20-36/h1-31H,32-33H2. The molecule has 7 aromatic rings. The monoisotopic (exact) mass is 589 g/mol. The average Bonchev–Trinajstić information content (AvgIpc) is 3.39. The number of hydrogen-bond acceptors (Lipinski definition) is 1. The van der Waals surface area contributed by atoms with Gasteiger partial charge in [-0.1, -0.05) is 152 Å². The molecule has 0 atom stereocenters.